The molecule has 0 atom stereocenters. The van der Waals surface area contributed by atoms with Gasteiger partial charge in [0.25, 0.3) is 0 Å². The van der Waals surface area contributed by atoms with Crippen LogP contribution in [0.3, 0.4) is 0 Å². The Morgan fingerprint density at radius 1 is 1.12 bits per heavy atom. The fourth-order valence-electron chi connectivity index (χ4n) is 2.98. The third-order valence-corrected chi connectivity index (χ3v) is 4.26. The maximum atomic E-state index is 5.87. The molecule has 1 N–H and O–H groups in total. The topological polar surface area (TPSA) is 50.8 Å². The van der Waals surface area contributed by atoms with Gasteiger partial charge in [0, 0.05) is 6.20 Å². The van der Waals surface area contributed by atoms with Gasteiger partial charge < -0.3 is 4.74 Å². The van der Waals surface area contributed by atoms with Crippen molar-refractivity contribution in [2.75, 3.05) is 0 Å². The number of ether oxygens (including phenoxy) is 1. The summed E-state index contributed by atoms with van der Waals surface area (Å²) in [5.74, 6) is 0.767. The minimum Gasteiger partial charge on any atom is -0.487 e. The molecule has 0 spiro atoms. The summed E-state index contributed by atoms with van der Waals surface area (Å²) in [6.45, 7) is 0.548. The van der Waals surface area contributed by atoms with Gasteiger partial charge in [-0.2, -0.15) is 5.10 Å². The Bertz CT molecular complexity index is 836. The molecule has 1 aliphatic carbocycles. The average molecular weight is 317 g/mol. The highest BCUT2D eigenvalue weighted by Gasteiger charge is 2.08. The van der Waals surface area contributed by atoms with Crippen molar-refractivity contribution in [2.45, 2.75) is 25.9 Å². The first kappa shape index (κ1) is 14.7. The molecule has 0 amide bonds. The van der Waals surface area contributed by atoms with E-state index in [1.54, 1.807) is 12.4 Å². The molecule has 0 bridgehead atoms. The van der Waals surface area contributed by atoms with Crippen molar-refractivity contribution in [2.24, 2.45) is 0 Å². The van der Waals surface area contributed by atoms with E-state index in [2.05, 4.69) is 45.5 Å². The summed E-state index contributed by atoms with van der Waals surface area (Å²) in [5.41, 5.74) is 5.72. The first-order chi connectivity index (χ1) is 11.9. The van der Waals surface area contributed by atoms with E-state index < -0.39 is 0 Å². The quantitative estimate of drug-likeness (QED) is 0.747. The predicted octanol–water partition coefficient (Wildman–Crippen LogP) is 4.62. The van der Waals surface area contributed by atoms with E-state index in [0.29, 0.717) is 6.61 Å². The highest BCUT2D eigenvalue weighted by atomic mass is 16.5. The van der Waals surface area contributed by atoms with Crippen LogP contribution in [0.1, 0.15) is 30.4 Å². The van der Waals surface area contributed by atoms with Gasteiger partial charge in [0.15, 0.2) is 0 Å². The molecule has 4 rings (SSSR count). The van der Waals surface area contributed by atoms with Gasteiger partial charge in [-0.05, 0) is 60.2 Å². The van der Waals surface area contributed by atoms with Crippen molar-refractivity contribution in [3.05, 3.63) is 72.1 Å². The van der Waals surface area contributed by atoms with Crippen LogP contribution < -0.4 is 4.74 Å². The summed E-state index contributed by atoms with van der Waals surface area (Å²) in [6, 6.07) is 14.4. The van der Waals surface area contributed by atoms with Gasteiger partial charge in [-0.15, -0.1) is 0 Å². The van der Waals surface area contributed by atoms with Crippen molar-refractivity contribution in [1.29, 1.82) is 0 Å². The molecule has 0 unspecified atom stereocenters. The minimum absolute atomic E-state index is 0.548. The molecule has 4 nitrogen and oxygen atoms in total. The van der Waals surface area contributed by atoms with Crippen LogP contribution in [0.5, 0.6) is 5.75 Å². The Labute approximate surface area is 141 Å². The van der Waals surface area contributed by atoms with Gasteiger partial charge in [0.1, 0.15) is 12.4 Å². The van der Waals surface area contributed by atoms with Gasteiger partial charge in [0.2, 0.25) is 0 Å². The first-order valence-electron chi connectivity index (χ1n) is 8.25. The van der Waals surface area contributed by atoms with E-state index in [4.69, 9.17) is 4.74 Å². The maximum absolute atomic E-state index is 5.87. The Balaban J connectivity index is 1.42. The number of aromatic amines is 1. The van der Waals surface area contributed by atoms with Gasteiger partial charge in [-0.3, -0.25) is 10.1 Å². The molecule has 0 saturated heterocycles. The summed E-state index contributed by atoms with van der Waals surface area (Å²) < 4.78 is 5.87. The van der Waals surface area contributed by atoms with Crippen LogP contribution in [0.25, 0.3) is 17.0 Å². The van der Waals surface area contributed by atoms with Gasteiger partial charge in [-0.25, -0.2) is 0 Å². The number of benzene rings is 1. The second-order valence-corrected chi connectivity index (χ2v) is 5.96. The number of allylic oxidation sites excluding steroid dienone is 2. The molecule has 0 radical (unpaired) electrons. The number of hydrogen-bond acceptors (Lipinski definition) is 3. The molecule has 2 heterocycles. The van der Waals surface area contributed by atoms with Crippen LogP contribution in [0.2, 0.25) is 0 Å². The average Bonchev–Trinajstić information content (AvgIpc) is 3.34. The molecular formula is C20H19N3O. The Morgan fingerprint density at radius 3 is 2.88 bits per heavy atom. The van der Waals surface area contributed by atoms with Crippen LogP contribution in [-0.4, -0.2) is 15.2 Å². The van der Waals surface area contributed by atoms with Crippen molar-refractivity contribution in [3.8, 4) is 17.1 Å². The minimum atomic E-state index is 0.548. The van der Waals surface area contributed by atoms with Crippen molar-refractivity contribution >= 4 is 5.57 Å². The second kappa shape index (κ2) is 6.71. The lowest BCUT2D eigenvalue weighted by atomic mass is 10.0. The molecule has 1 aromatic carbocycles. The lowest BCUT2D eigenvalue weighted by Crippen LogP contribution is -1.97. The molecule has 24 heavy (non-hydrogen) atoms. The molecule has 3 aromatic rings. The predicted molar refractivity (Wildman–Crippen MR) is 94.4 cm³/mol. The normalized spacial score (nSPS) is 13.8. The lowest BCUT2D eigenvalue weighted by Gasteiger charge is -2.09. The van der Waals surface area contributed by atoms with Crippen LogP contribution in [0.15, 0.2) is 60.9 Å². The number of rotatable bonds is 5. The number of hydrogen-bond donors (Lipinski definition) is 1. The fraction of sp³-hybridized carbons (Fsp3) is 0.200. The molecule has 0 aliphatic heterocycles. The number of nitrogens with zero attached hydrogens (tertiary/aromatic N) is 2. The number of pyridine rings is 1. The van der Waals surface area contributed by atoms with Gasteiger partial charge >= 0.3 is 0 Å². The van der Waals surface area contributed by atoms with Crippen molar-refractivity contribution in [1.82, 2.24) is 15.2 Å². The highest BCUT2D eigenvalue weighted by Crippen LogP contribution is 2.28. The first-order valence-corrected chi connectivity index (χ1v) is 8.25. The summed E-state index contributed by atoms with van der Waals surface area (Å²) in [6.07, 6.45) is 9.46. The third kappa shape index (κ3) is 3.23. The second-order valence-electron chi connectivity index (χ2n) is 5.96. The van der Waals surface area contributed by atoms with E-state index in [1.807, 2.05) is 18.2 Å². The van der Waals surface area contributed by atoms with Crippen molar-refractivity contribution < 1.29 is 4.74 Å². The zero-order valence-corrected chi connectivity index (χ0v) is 13.4. The molecule has 2 aromatic heterocycles. The largest absolute Gasteiger partial charge is 0.487 e. The van der Waals surface area contributed by atoms with Crippen LogP contribution in [0, 0.1) is 0 Å². The van der Waals surface area contributed by atoms with Gasteiger partial charge in [-0.1, -0.05) is 24.3 Å². The summed E-state index contributed by atoms with van der Waals surface area (Å²) >= 11 is 0. The number of nitrogens with one attached hydrogen (secondary N) is 1. The van der Waals surface area contributed by atoms with E-state index in [-0.39, 0.29) is 0 Å². The van der Waals surface area contributed by atoms with E-state index in [1.165, 1.54) is 36.0 Å². The molecule has 120 valence electrons. The summed E-state index contributed by atoms with van der Waals surface area (Å²) in [7, 11) is 0. The van der Waals surface area contributed by atoms with E-state index in [0.717, 1.165) is 17.1 Å². The zero-order valence-electron chi connectivity index (χ0n) is 13.4. The van der Waals surface area contributed by atoms with E-state index in [9.17, 15) is 0 Å². The molecular weight excluding hydrogens is 298 g/mol. The smallest absolute Gasteiger partial charge is 0.138 e. The van der Waals surface area contributed by atoms with Crippen molar-refractivity contribution in [3.63, 3.8) is 0 Å². The lowest BCUT2D eigenvalue weighted by molar-refractivity contribution is 0.305. The van der Waals surface area contributed by atoms with Crippen LogP contribution in [0.4, 0.5) is 0 Å². The maximum Gasteiger partial charge on any atom is 0.138 e. The highest BCUT2D eigenvalue weighted by molar-refractivity contribution is 5.67. The molecule has 0 fully saturated rings. The Hall–Kier alpha value is -2.88. The SMILES string of the molecule is C1=C(c2cccc(COc3ccc(-c4ccn[nH]4)nc3)c2)CCC1. The molecule has 1 aliphatic rings. The molecule has 0 saturated carbocycles. The Kier molecular flexibility index (Phi) is 4.11. The third-order valence-electron chi connectivity index (χ3n) is 4.26. The van der Waals surface area contributed by atoms with Crippen LogP contribution >= 0.6 is 0 Å². The standard InChI is InChI=1S/C20H19N3O/c1-2-6-16(5-1)17-7-3-4-15(12-17)14-24-18-8-9-19(21-13-18)20-10-11-22-23-20/h3-5,7-13H,1-2,6,14H2,(H,22,23). The fourth-order valence-corrected chi connectivity index (χ4v) is 2.98. The number of H-pyrrole nitrogens is 1. The van der Waals surface area contributed by atoms with Gasteiger partial charge in [0.05, 0.1) is 17.6 Å². The summed E-state index contributed by atoms with van der Waals surface area (Å²) in [4.78, 5) is 4.41. The Morgan fingerprint density at radius 2 is 2.12 bits per heavy atom. The molecule has 4 heteroatoms. The van der Waals surface area contributed by atoms with E-state index >= 15 is 0 Å². The number of aromatic nitrogens is 3. The summed E-state index contributed by atoms with van der Waals surface area (Å²) in [5, 5.41) is 6.84. The van der Waals surface area contributed by atoms with Crippen LogP contribution in [-0.2, 0) is 6.61 Å². The zero-order chi connectivity index (χ0) is 16.2. The monoisotopic (exact) mass is 317 g/mol.